The topological polar surface area (TPSA) is 50.4 Å². The van der Waals surface area contributed by atoms with E-state index in [1.807, 2.05) is 0 Å². The van der Waals surface area contributed by atoms with Crippen LogP contribution >= 0.6 is 0 Å². The number of amides is 2. The summed E-state index contributed by atoms with van der Waals surface area (Å²) in [4.78, 5) is 11.8. The molecule has 98 valence electrons. The number of carbonyl (C=O) groups is 1. The Labute approximate surface area is 103 Å². The summed E-state index contributed by atoms with van der Waals surface area (Å²) in [5, 5.41) is 6.10. The van der Waals surface area contributed by atoms with Crippen molar-refractivity contribution in [3.63, 3.8) is 0 Å². The summed E-state index contributed by atoms with van der Waals surface area (Å²) in [7, 11) is 0. The maximum Gasteiger partial charge on any atom is 0.315 e. The summed E-state index contributed by atoms with van der Waals surface area (Å²) in [6.45, 7) is 5.91. The molecule has 0 radical (unpaired) electrons. The van der Waals surface area contributed by atoms with Crippen LogP contribution in [0.2, 0.25) is 0 Å². The normalized spacial score (nSPS) is 37.1. The van der Waals surface area contributed by atoms with E-state index in [-0.39, 0.29) is 12.1 Å². The second kappa shape index (κ2) is 5.71. The van der Waals surface area contributed by atoms with Gasteiger partial charge in [-0.2, -0.15) is 0 Å². The first-order chi connectivity index (χ1) is 8.20. The first kappa shape index (κ1) is 12.7. The van der Waals surface area contributed by atoms with E-state index in [1.165, 1.54) is 12.8 Å². The molecule has 1 aliphatic carbocycles. The van der Waals surface area contributed by atoms with E-state index in [0.29, 0.717) is 18.6 Å². The molecular formula is C13H24N2O2. The second-order valence-electron chi connectivity index (χ2n) is 5.39. The fraction of sp³-hybridized carbons (Fsp3) is 0.923. The number of hydrogen-bond donors (Lipinski definition) is 2. The first-order valence-electron chi connectivity index (χ1n) is 6.85. The summed E-state index contributed by atoms with van der Waals surface area (Å²) < 4.78 is 5.24. The molecule has 1 saturated heterocycles. The molecule has 2 amide bonds. The van der Waals surface area contributed by atoms with Gasteiger partial charge in [0.05, 0.1) is 12.6 Å². The highest BCUT2D eigenvalue weighted by atomic mass is 16.5. The van der Waals surface area contributed by atoms with Crippen LogP contribution in [0.25, 0.3) is 0 Å². The Morgan fingerprint density at radius 2 is 2.12 bits per heavy atom. The van der Waals surface area contributed by atoms with Gasteiger partial charge in [-0.05, 0) is 31.1 Å². The lowest BCUT2D eigenvalue weighted by molar-refractivity contribution is 0.187. The Bertz CT molecular complexity index is 264. The van der Waals surface area contributed by atoms with Gasteiger partial charge in [-0.25, -0.2) is 4.79 Å². The second-order valence-corrected chi connectivity index (χ2v) is 5.39. The lowest BCUT2D eigenvalue weighted by Gasteiger charge is -2.22. The molecule has 17 heavy (non-hydrogen) atoms. The molecular weight excluding hydrogens is 216 g/mol. The third-order valence-corrected chi connectivity index (χ3v) is 4.33. The van der Waals surface area contributed by atoms with Crippen molar-refractivity contribution in [2.45, 2.75) is 51.6 Å². The van der Waals surface area contributed by atoms with E-state index in [2.05, 4.69) is 24.5 Å². The number of urea groups is 1. The zero-order valence-electron chi connectivity index (χ0n) is 10.9. The van der Waals surface area contributed by atoms with E-state index in [9.17, 15) is 4.79 Å². The number of rotatable bonds is 3. The number of carbonyl (C=O) groups excluding carboxylic acids is 1. The molecule has 1 saturated carbocycles. The average Bonchev–Trinajstić information content (AvgIpc) is 2.90. The van der Waals surface area contributed by atoms with E-state index < -0.39 is 0 Å². The largest absolute Gasteiger partial charge is 0.379 e. The van der Waals surface area contributed by atoms with Crippen molar-refractivity contribution in [3.8, 4) is 0 Å². The highest BCUT2D eigenvalue weighted by molar-refractivity contribution is 5.74. The van der Waals surface area contributed by atoms with Gasteiger partial charge in [0.2, 0.25) is 0 Å². The third-order valence-electron chi connectivity index (χ3n) is 4.33. The van der Waals surface area contributed by atoms with Crippen molar-refractivity contribution in [2.75, 3.05) is 13.2 Å². The number of hydrogen-bond acceptors (Lipinski definition) is 2. The molecule has 4 nitrogen and oxygen atoms in total. The molecule has 0 bridgehead atoms. The Hall–Kier alpha value is -0.770. The maximum absolute atomic E-state index is 11.8. The zero-order chi connectivity index (χ0) is 12.3. The minimum atomic E-state index is -0.0193. The van der Waals surface area contributed by atoms with Crippen molar-refractivity contribution < 1.29 is 9.53 Å². The van der Waals surface area contributed by atoms with Crippen LogP contribution in [0.5, 0.6) is 0 Å². The average molecular weight is 240 g/mol. The fourth-order valence-electron chi connectivity index (χ4n) is 3.07. The van der Waals surface area contributed by atoms with Crippen LogP contribution in [-0.2, 0) is 4.74 Å². The Kier molecular flexibility index (Phi) is 4.26. The Morgan fingerprint density at radius 3 is 2.71 bits per heavy atom. The number of ether oxygens (including phenoxy) is 1. The molecule has 1 heterocycles. The quantitative estimate of drug-likeness (QED) is 0.791. The van der Waals surface area contributed by atoms with E-state index >= 15 is 0 Å². The SMILES string of the molecule is CCC1CCC(NC(=O)NC2CCOC2)C1C. The van der Waals surface area contributed by atoms with Gasteiger partial charge in [-0.1, -0.05) is 20.3 Å². The van der Waals surface area contributed by atoms with Gasteiger partial charge >= 0.3 is 6.03 Å². The van der Waals surface area contributed by atoms with Crippen LogP contribution in [0.1, 0.15) is 39.5 Å². The number of nitrogens with one attached hydrogen (secondary N) is 2. The molecule has 2 aliphatic rings. The summed E-state index contributed by atoms with van der Waals surface area (Å²) in [6, 6.07) is 0.532. The molecule has 2 fully saturated rings. The van der Waals surface area contributed by atoms with Gasteiger partial charge in [-0.15, -0.1) is 0 Å². The smallest absolute Gasteiger partial charge is 0.315 e. The molecule has 4 atom stereocenters. The summed E-state index contributed by atoms with van der Waals surface area (Å²) in [5.74, 6) is 1.38. The highest BCUT2D eigenvalue weighted by Crippen LogP contribution is 2.33. The van der Waals surface area contributed by atoms with Crippen LogP contribution < -0.4 is 10.6 Å². The minimum absolute atomic E-state index is 0.0193. The molecule has 4 unspecified atom stereocenters. The van der Waals surface area contributed by atoms with Crippen molar-refractivity contribution in [2.24, 2.45) is 11.8 Å². The van der Waals surface area contributed by atoms with Crippen molar-refractivity contribution >= 4 is 6.03 Å². The van der Waals surface area contributed by atoms with E-state index in [4.69, 9.17) is 4.74 Å². The predicted molar refractivity (Wildman–Crippen MR) is 66.9 cm³/mol. The van der Waals surface area contributed by atoms with Crippen LogP contribution in [0, 0.1) is 11.8 Å². The lowest BCUT2D eigenvalue weighted by atomic mass is 9.93. The molecule has 0 aromatic carbocycles. The molecule has 4 heteroatoms. The predicted octanol–water partition coefficient (Wildman–Crippen LogP) is 1.90. The van der Waals surface area contributed by atoms with Crippen LogP contribution in [0.3, 0.4) is 0 Å². The molecule has 1 aliphatic heterocycles. The Balaban J connectivity index is 1.74. The minimum Gasteiger partial charge on any atom is -0.379 e. The lowest BCUT2D eigenvalue weighted by Crippen LogP contribution is -2.47. The van der Waals surface area contributed by atoms with Gasteiger partial charge in [-0.3, -0.25) is 0 Å². The van der Waals surface area contributed by atoms with Crippen LogP contribution in [-0.4, -0.2) is 31.3 Å². The first-order valence-corrected chi connectivity index (χ1v) is 6.85. The molecule has 2 rings (SSSR count). The summed E-state index contributed by atoms with van der Waals surface area (Å²) in [6.07, 6.45) is 4.52. The van der Waals surface area contributed by atoms with Crippen LogP contribution in [0.15, 0.2) is 0 Å². The van der Waals surface area contributed by atoms with E-state index in [1.54, 1.807) is 0 Å². The van der Waals surface area contributed by atoms with Crippen molar-refractivity contribution in [1.82, 2.24) is 10.6 Å². The molecule has 0 aromatic rings. The van der Waals surface area contributed by atoms with Gasteiger partial charge in [0, 0.05) is 12.6 Å². The standard InChI is InChI=1S/C13H24N2O2/c1-3-10-4-5-12(9(10)2)15-13(16)14-11-6-7-17-8-11/h9-12H,3-8H2,1-2H3,(H2,14,15,16). The van der Waals surface area contributed by atoms with Crippen LogP contribution in [0.4, 0.5) is 4.79 Å². The van der Waals surface area contributed by atoms with Gasteiger partial charge in [0.25, 0.3) is 0 Å². The third kappa shape index (κ3) is 3.12. The van der Waals surface area contributed by atoms with Crippen molar-refractivity contribution in [3.05, 3.63) is 0 Å². The zero-order valence-corrected chi connectivity index (χ0v) is 10.9. The maximum atomic E-state index is 11.8. The van der Waals surface area contributed by atoms with Gasteiger partial charge < -0.3 is 15.4 Å². The molecule has 0 aromatic heterocycles. The fourth-order valence-corrected chi connectivity index (χ4v) is 3.07. The molecule has 0 spiro atoms. The summed E-state index contributed by atoms with van der Waals surface area (Å²) in [5.41, 5.74) is 0. The van der Waals surface area contributed by atoms with Gasteiger partial charge in [0.15, 0.2) is 0 Å². The van der Waals surface area contributed by atoms with Crippen molar-refractivity contribution in [1.29, 1.82) is 0 Å². The highest BCUT2D eigenvalue weighted by Gasteiger charge is 2.32. The summed E-state index contributed by atoms with van der Waals surface area (Å²) >= 11 is 0. The van der Waals surface area contributed by atoms with Gasteiger partial charge in [0.1, 0.15) is 0 Å². The van der Waals surface area contributed by atoms with E-state index in [0.717, 1.165) is 25.4 Å². The molecule has 2 N–H and O–H groups in total. The monoisotopic (exact) mass is 240 g/mol. The Morgan fingerprint density at radius 1 is 1.29 bits per heavy atom.